The van der Waals surface area contributed by atoms with E-state index < -0.39 is 23.1 Å². The third kappa shape index (κ3) is 1.79. The highest BCUT2D eigenvalue weighted by atomic mass is 19.4. The molecule has 0 radical (unpaired) electrons. The van der Waals surface area contributed by atoms with Crippen molar-refractivity contribution < 1.29 is 18.0 Å². The summed E-state index contributed by atoms with van der Waals surface area (Å²) in [6, 6.07) is 5.18. The van der Waals surface area contributed by atoms with Crippen LogP contribution in [0.4, 0.5) is 13.2 Å². The maximum Gasteiger partial charge on any atom is 0.416 e. The van der Waals surface area contributed by atoms with E-state index in [9.17, 15) is 18.0 Å². The summed E-state index contributed by atoms with van der Waals surface area (Å²) < 4.78 is 38.6. The van der Waals surface area contributed by atoms with E-state index in [1.165, 1.54) is 18.2 Å². The number of amides is 1. The van der Waals surface area contributed by atoms with Crippen LogP contribution in [0.5, 0.6) is 0 Å². The Bertz CT molecular complexity index is 449. The zero-order valence-electron chi connectivity index (χ0n) is 9.05. The number of halogens is 3. The molecular weight excluding hydrogens is 231 g/mol. The highest BCUT2D eigenvalue weighted by molar-refractivity contribution is 5.88. The molecule has 0 heterocycles. The molecule has 1 aromatic rings. The summed E-state index contributed by atoms with van der Waals surface area (Å²) in [6.45, 7) is 0. The van der Waals surface area contributed by atoms with Crippen LogP contribution in [-0.2, 0) is 16.4 Å². The van der Waals surface area contributed by atoms with Crippen molar-refractivity contribution in [3.8, 4) is 0 Å². The van der Waals surface area contributed by atoms with E-state index in [0.717, 1.165) is 12.5 Å². The van der Waals surface area contributed by atoms with E-state index in [2.05, 4.69) is 0 Å². The predicted molar refractivity (Wildman–Crippen MR) is 56.2 cm³/mol. The minimum Gasteiger partial charge on any atom is -0.369 e. The first-order valence-electron chi connectivity index (χ1n) is 5.34. The summed E-state index contributed by atoms with van der Waals surface area (Å²) in [5.74, 6) is -0.666. The normalized spacial score (nSPS) is 18.5. The second-order valence-corrected chi connectivity index (χ2v) is 4.34. The van der Waals surface area contributed by atoms with E-state index in [0.29, 0.717) is 12.8 Å². The Hall–Kier alpha value is -1.52. The number of carbonyl (C=O) groups excluding carboxylic acids is 1. The highest BCUT2D eigenvalue weighted by Crippen LogP contribution is 2.47. The van der Waals surface area contributed by atoms with Gasteiger partial charge >= 0.3 is 6.18 Å². The van der Waals surface area contributed by atoms with Crippen molar-refractivity contribution in [3.05, 3.63) is 35.4 Å². The first-order chi connectivity index (χ1) is 7.88. The van der Waals surface area contributed by atoms with Crippen LogP contribution >= 0.6 is 0 Å². The number of carbonyl (C=O) groups is 1. The molecule has 1 fully saturated rings. The second kappa shape index (κ2) is 3.75. The van der Waals surface area contributed by atoms with Gasteiger partial charge in [0.15, 0.2) is 0 Å². The lowest BCUT2D eigenvalue weighted by Crippen LogP contribution is -2.47. The van der Waals surface area contributed by atoms with Gasteiger partial charge < -0.3 is 5.73 Å². The van der Waals surface area contributed by atoms with Gasteiger partial charge in [-0.2, -0.15) is 13.2 Å². The molecule has 0 atom stereocenters. The summed E-state index contributed by atoms with van der Waals surface area (Å²) in [6.07, 6.45) is -2.92. The number of nitrogens with two attached hydrogens (primary N) is 1. The zero-order chi connectivity index (χ0) is 12.7. The number of hydrogen-bond donors (Lipinski definition) is 1. The molecule has 0 aromatic heterocycles. The van der Waals surface area contributed by atoms with Crippen molar-refractivity contribution in [1.29, 1.82) is 0 Å². The second-order valence-electron chi connectivity index (χ2n) is 4.34. The number of benzene rings is 1. The van der Waals surface area contributed by atoms with Crippen LogP contribution in [0.25, 0.3) is 0 Å². The largest absolute Gasteiger partial charge is 0.416 e. The minimum atomic E-state index is -4.45. The molecule has 0 spiro atoms. The highest BCUT2D eigenvalue weighted by Gasteiger charge is 2.48. The van der Waals surface area contributed by atoms with Crippen LogP contribution in [0, 0.1) is 0 Å². The number of hydrogen-bond acceptors (Lipinski definition) is 1. The molecule has 2 rings (SSSR count). The van der Waals surface area contributed by atoms with E-state index in [1.807, 2.05) is 0 Å². The van der Waals surface area contributed by atoms with Crippen LogP contribution < -0.4 is 5.73 Å². The average molecular weight is 243 g/mol. The molecule has 0 saturated heterocycles. The van der Waals surface area contributed by atoms with Crippen LogP contribution in [0.15, 0.2) is 24.3 Å². The molecule has 1 aliphatic carbocycles. The predicted octanol–water partition coefficient (Wildman–Crippen LogP) is 2.61. The van der Waals surface area contributed by atoms with Gasteiger partial charge in [-0.05, 0) is 24.5 Å². The number of rotatable bonds is 2. The number of alkyl halides is 3. The molecule has 0 aliphatic heterocycles. The Labute approximate surface area is 96.6 Å². The third-order valence-corrected chi connectivity index (χ3v) is 3.43. The van der Waals surface area contributed by atoms with Crippen molar-refractivity contribution in [2.24, 2.45) is 5.73 Å². The molecule has 1 aromatic carbocycles. The molecule has 0 bridgehead atoms. The van der Waals surface area contributed by atoms with Crippen molar-refractivity contribution >= 4 is 5.91 Å². The maximum absolute atomic E-state index is 12.9. The monoisotopic (exact) mass is 243 g/mol. The lowest BCUT2D eigenvalue weighted by atomic mass is 9.63. The van der Waals surface area contributed by atoms with E-state index in [1.54, 1.807) is 0 Å². The quantitative estimate of drug-likeness (QED) is 0.852. The third-order valence-electron chi connectivity index (χ3n) is 3.43. The molecule has 1 saturated carbocycles. The summed E-state index contributed by atoms with van der Waals surface area (Å²) >= 11 is 0. The fourth-order valence-electron chi connectivity index (χ4n) is 2.33. The summed E-state index contributed by atoms with van der Waals surface area (Å²) in [4.78, 5) is 11.4. The van der Waals surface area contributed by atoms with Gasteiger partial charge in [-0.1, -0.05) is 24.6 Å². The summed E-state index contributed by atoms with van der Waals surface area (Å²) in [7, 11) is 0. The van der Waals surface area contributed by atoms with Gasteiger partial charge in [-0.15, -0.1) is 0 Å². The van der Waals surface area contributed by atoms with Gasteiger partial charge in [0.1, 0.15) is 0 Å². The molecule has 0 unspecified atom stereocenters. The average Bonchev–Trinajstić information content (AvgIpc) is 2.14. The standard InChI is InChI=1S/C12H12F3NO/c13-12(14,15)9-5-2-1-4-8(9)11(10(16)17)6-3-7-11/h1-2,4-5H,3,6-7H2,(H2,16,17). The summed E-state index contributed by atoms with van der Waals surface area (Å²) in [5.41, 5.74) is 3.42. The Morgan fingerprint density at radius 2 is 1.82 bits per heavy atom. The van der Waals surface area contributed by atoms with Gasteiger partial charge in [0.05, 0.1) is 11.0 Å². The molecule has 17 heavy (non-hydrogen) atoms. The molecular formula is C12H12F3NO. The van der Waals surface area contributed by atoms with Crippen LogP contribution in [0.3, 0.4) is 0 Å². The SMILES string of the molecule is NC(=O)C1(c2ccccc2C(F)(F)F)CCC1. The zero-order valence-corrected chi connectivity index (χ0v) is 9.05. The lowest BCUT2D eigenvalue weighted by molar-refractivity contribution is -0.140. The van der Waals surface area contributed by atoms with Gasteiger partial charge in [0, 0.05) is 0 Å². The van der Waals surface area contributed by atoms with Crippen LogP contribution in [0.1, 0.15) is 30.4 Å². The Kier molecular flexibility index (Phi) is 2.64. The molecule has 2 nitrogen and oxygen atoms in total. The molecule has 1 amide bonds. The van der Waals surface area contributed by atoms with E-state index in [-0.39, 0.29) is 5.56 Å². The van der Waals surface area contributed by atoms with Gasteiger partial charge in [0.2, 0.25) is 5.91 Å². The minimum absolute atomic E-state index is 0.0197. The van der Waals surface area contributed by atoms with Crippen LogP contribution in [0.2, 0.25) is 0 Å². The molecule has 5 heteroatoms. The maximum atomic E-state index is 12.9. The van der Waals surface area contributed by atoms with Crippen molar-refractivity contribution in [2.75, 3.05) is 0 Å². The Morgan fingerprint density at radius 3 is 2.24 bits per heavy atom. The van der Waals surface area contributed by atoms with Crippen molar-refractivity contribution in [3.63, 3.8) is 0 Å². The molecule has 1 aliphatic rings. The Balaban J connectivity index is 2.56. The van der Waals surface area contributed by atoms with Crippen LogP contribution in [-0.4, -0.2) is 5.91 Å². The lowest BCUT2D eigenvalue weighted by Gasteiger charge is -2.40. The topological polar surface area (TPSA) is 43.1 Å². The van der Waals surface area contributed by atoms with Gasteiger partial charge in [0.25, 0.3) is 0 Å². The fraction of sp³-hybridized carbons (Fsp3) is 0.417. The Morgan fingerprint density at radius 1 is 1.24 bits per heavy atom. The van der Waals surface area contributed by atoms with E-state index >= 15 is 0 Å². The molecule has 92 valence electrons. The smallest absolute Gasteiger partial charge is 0.369 e. The number of primary amides is 1. The first kappa shape index (κ1) is 12.0. The van der Waals surface area contributed by atoms with Gasteiger partial charge in [-0.3, -0.25) is 4.79 Å². The van der Waals surface area contributed by atoms with Crippen molar-refractivity contribution in [1.82, 2.24) is 0 Å². The van der Waals surface area contributed by atoms with Crippen molar-refractivity contribution in [2.45, 2.75) is 30.9 Å². The van der Waals surface area contributed by atoms with Gasteiger partial charge in [-0.25, -0.2) is 0 Å². The summed E-state index contributed by atoms with van der Waals surface area (Å²) in [5, 5.41) is 0. The molecule has 2 N–H and O–H groups in total. The first-order valence-corrected chi connectivity index (χ1v) is 5.34. The van der Waals surface area contributed by atoms with E-state index in [4.69, 9.17) is 5.73 Å². The fourth-order valence-corrected chi connectivity index (χ4v) is 2.33.